The van der Waals surface area contributed by atoms with Crippen LogP contribution in [0.2, 0.25) is 0 Å². The summed E-state index contributed by atoms with van der Waals surface area (Å²) >= 11 is 4.98. The lowest BCUT2D eigenvalue weighted by atomic mass is 10.1. The third-order valence-electron chi connectivity index (χ3n) is 4.58. The molecule has 2 aromatic carbocycles. The van der Waals surface area contributed by atoms with Crippen LogP contribution >= 0.6 is 27.3 Å². The highest BCUT2D eigenvalue weighted by Gasteiger charge is 2.11. The lowest BCUT2D eigenvalue weighted by Gasteiger charge is -2.22. The first-order valence-electron chi connectivity index (χ1n) is 9.46. The Morgan fingerprint density at radius 1 is 1.24 bits per heavy atom. The van der Waals surface area contributed by atoms with E-state index in [1.54, 1.807) is 17.4 Å². The fraction of sp³-hybridized carbons (Fsp3) is 0.318. The van der Waals surface area contributed by atoms with Crippen LogP contribution in [0.15, 0.2) is 34.8 Å². The Balaban J connectivity index is 1.81. The Morgan fingerprint density at radius 2 is 2.07 bits per heavy atom. The first kappa shape index (κ1) is 21.7. The molecule has 0 atom stereocenters. The molecule has 1 N–H and O–H groups in total. The maximum Gasteiger partial charge on any atom is 0.129 e. The molecule has 0 bridgehead atoms. The zero-order valence-electron chi connectivity index (χ0n) is 16.5. The first-order chi connectivity index (χ1) is 14.0. The van der Waals surface area contributed by atoms with E-state index in [1.165, 1.54) is 5.56 Å². The van der Waals surface area contributed by atoms with Crippen molar-refractivity contribution < 1.29 is 14.2 Å². The van der Waals surface area contributed by atoms with Crippen LogP contribution < -0.4 is 4.90 Å². The molecule has 0 spiro atoms. The molecule has 154 valence electrons. The van der Waals surface area contributed by atoms with E-state index in [2.05, 4.69) is 39.9 Å². The van der Waals surface area contributed by atoms with Gasteiger partial charge in [0.05, 0.1) is 27.9 Å². The lowest BCUT2D eigenvalue weighted by Crippen LogP contribution is -2.24. The minimum atomic E-state index is -0.450. The van der Waals surface area contributed by atoms with Gasteiger partial charge in [-0.15, -0.1) is 11.3 Å². The van der Waals surface area contributed by atoms with Gasteiger partial charge in [-0.25, -0.2) is 9.37 Å². The van der Waals surface area contributed by atoms with E-state index < -0.39 is 6.67 Å². The number of anilines is 1. The number of aromatic nitrogens is 1. The number of phenolic OH excluding ortho intramolecular Hbond substituents is 1. The monoisotopic (exact) mass is 478 g/mol. The van der Waals surface area contributed by atoms with Gasteiger partial charge in [0.2, 0.25) is 0 Å². The number of hydrogen-bond donors (Lipinski definition) is 1. The molecule has 0 aliphatic rings. The van der Waals surface area contributed by atoms with E-state index in [0.717, 1.165) is 32.9 Å². The summed E-state index contributed by atoms with van der Waals surface area (Å²) in [7, 11) is 2.03. The van der Waals surface area contributed by atoms with Crippen LogP contribution in [0.1, 0.15) is 23.1 Å². The van der Waals surface area contributed by atoms with Crippen molar-refractivity contribution in [3.05, 3.63) is 50.9 Å². The minimum absolute atomic E-state index is 0.148. The maximum atomic E-state index is 12.2. The zero-order valence-corrected chi connectivity index (χ0v) is 18.9. The number of aryl methyl sites for hydroxylation is 1. The van der Waals surface area contributed by atoms with E-state index in [-0.39, 0.29) is 12.4 Å². The molecule has 7 heteroatoms. The van der Waals surface area contributed by atoms with Crippen LogP contribution in [0, 0.1) is 0 Å². The van der Waals surface area contributed by atoms with E-state index in [0.29, 0.717) is 17.6 Å². The first-order valence-corrected chi connectivity index (χ1v) is 11.1. The lowest BCUT2D eigenvalue weighted by molar-refractivity contribution is 0.125. The van der Waals surface area contributed by atoms with Gasteiger partial charge in [-0.3, -0.25) is 0 Å². The molecule has 1 heterocycles. The van der Waals surface area contributed by atoms with E-state index >= 15 is 0 Å². The van der Waals surface area contributed by atoms with E-state index in [1.807, 2.05) is 31.3 Å². The zero-order chi connectivity index (χ0) is 20.8. The van der Waals surface area contributed by atoms with Gasteiger partial charge in [-0.05, 0) is 63.8 Å². The van der Waals surface area contributed by atoms with Crippen molar-refractivity contribution in [2.45, 2.75) is 13.3 Å². The normalized spacial score (nSPS) is 11.6. The molecule has 0 amide bonds. The number of rotatable bonds is 9. The summed E-state index contributed by atoms with van der Waals surface area (Å²) in [6.07, 6.45) is 4.88. The summed E-state index contributed by atoms with van der Waals surface area (Å²) < 4.78 is 19.2. The Labute approximate surface area is 182 Å². The number of alkyl halides is 1. The number of ether oxygens (including phenoxy) is 1. The highest BCUT2D eigenvalue weighted by atomic mass is 79.9. The Kier molecular flexibility index (Phi) is 7.64. The number of nitrogens with zero attached hydrogens (tertiary/aromatic N) is 2. The van der Waals surface area contributed by atoms with Crippen molar-refractivity contribution in [2.24, 2.45) is 0 Å². The SMILES string of the molecule is CCc1cc2nc(/C=C/c3ccc(O)c(Br)c3)sc2cc1N(C)CCOCCF. The van der Waals surface area contributed by atoms with Gasteiger partial charge in [0.1, 0.15) is 17.4 Å². The van der Waals surface area contributed by atoms with Crippen molar-refractivity contribution in [1.82, 2.24) is 4.98 Å². The predicted octanol–water partition coefficient (Wildman–Crippen LogP) is 5.92. The van der Waals surface area contributed by atoms with Gasteiger partial charge in [-0.2, -0.15) is 0 Å². The minimum Gasteiger partial charge on any atom is -0.507 e. The number of hydrogen-bond acceptors (Lipinski definition) is 5. The quantitative estimate of drug-likeness (QED) is 0.387. The van der Waals surface area contributed by atoms with Crippen LogP contribution in [0.25, 0.3) is 22.4 Å². The van der Waals surface area contributed by atoms with E-state index in [9.17, 15) is 9.50 Å². The summed E-state index contributed by atoms with van der Waals surface area (Å²) in [5.74, 6) is 0.223. The third kappa shape index (κ3) is 5.56. The molecule has 0 aliphatic heterocycles. The smallest absolute Gasteiger partial charge is 0.129 e. The molecular formula is C22H24BrFN2O2S. The molecule has 0 saturated carbocycles. The number of thiazole rings is 1. The van der Waals surface area contributed by atoms with Crippen molar-refractivity contribution in [3.63, 3.8) is 0 Å². The number of fused-ring (bicyclic) bond motifs is 1. The van der Waals surface area contributed by atoms with Gasteiger partial charge in [-0.1, -0.05) is 19.1 Å². The summed E-state index contributed by atoms with van der Waals surface area (Å²) in [5, 5.41) is 10.5. The van der Waals surface area contributed by atoms with Crippen molar-refractivity contribution in [3.8, 4) is 5.75 Å². The fourth-order valence-corrected chi connectivity index (χ4v) is 4.29. The van der Waals surface area contributed by atoms with Crippen molar-refractivity contribution >= 4 is 55.3 Å². The molecular weight excluding hydrogens is 455 g/mol. The molecule has 0 unspecified atom stereocenters. The summed E-state index contributed by atoms with van der Waals surface area (Å²) in [5.41, 5.74) is 4.36. The molecule has 1 aromatic heterocycles. The van der Waals surface area contributed by atoms with Crippen LogP contribution in [-0.4, -0.2) is 43.6 Å². The molecule has 3 aromatic rings. The maximum absolute atomic E-state index is 12.2. The van der Waals surface area contributed by atoms with Crippen LogP contribution in [0.4, 0.5) is 10.1 Å². The van der Waals surface area contributed by atoms with Crippen LogP contribution in [0.5, 0.6) is 5.75 Å². The van der Waals surface area contributed by atoms with Crippen molar-refractivity contribution in [2.75, 3.05) is 38.4 Å². The second kappa shape index (κ2) is 10.2. The molecule has 0 fully saturated rings. The van der Waals surface area contributed by atoms with Gasteiger partial charge < -0.3 is 14.7 Å². The second-order valence-electron chi connectivity index (χ2n) is 6.62. The second-order valence-corrected chi connectivity index (χ2v) is 8.54. The van der Waals surface area contributed by atoms with Crippen molar-refractivity contribution in [1.29, 1.82) is 0 Å². The van der Waals surface area contributed by atoms with Gasteiger partial charge in [0.15, 0.2) is 0 Å². The standard InChI is InChI=1S/C22H24BrFN2O2S/c1-3-16-13-18-21(14-19(16)26(2)9-11-28-10-8-24)29-22(25-18)7-5-15-4-6-20(27)17(23)12-15/h4-7,12-14,27H,3,8-11H2,1-2H3/b7-5+. The highest BCUT2D eigenvalue weighted by Crippen LogP contribution is 2.32. The fourth-order valence-electron chi connectivity index (χ4n) is 3.01. The summed E-state index contributed by atoms with van der Waals surface area (Å²) in [4.78, 5) is 6.90. The van der Waals surface area contributed by atoms with Gasteiger partial charge >= 0.3 is 0 Å². The Bertz CT molecular complexity index is 1010. The molecule has 0 radical (unpaired) electrons. The largest absolute Gasteiger partial charge is 0.507 e. The number of aromatic hydroxyl groups is 1. The summed E-state index contributed by atoms with van der Waals surface area (Å²) in [6, 6.07) is 9.71. The number of phenols is 1. The number of halogens is 2. The average Bonchev–Trinajstić information content (AvgIpc) is 3.12. The highest BCUT2D eigenvalue weighted by molar-refractivity contribution is 9.10. The van der Waals surface area contributed by atoms with Crippen LogP contribution in [0.3, 0.4) is 0 Å². The Hall–Kier alpha value is -1.96. The molecule has 3 rings (SSSR count). The van der Waals surface area contributed by atoms with Crippen LogP contribution in [-0.2, 0) is 11.2 Å². The molecule has 29 heavy (non-hydrogen) atoms. The molecule has 4 nitrogen and oxygen atoms in total. The summed E-state index contributed by atoms with van der Waals surface area (Å²) in [6.45, 7) is 3.04. The molecule has 0 aliphatic carbocycles. The topological polar surface area (TPSA) is 45.6 Å². The number of benzene rings is 2. The number of likely N-dealkylation sites (N-methyl/N-ethyl adjacent to an activating group) is 1. The Morgan fingerprint density at radius 3 is 2.79 bits per heavy atom. The van der Waals surface area contributed by atoms with Gasteiger partial charge in [0, 0.05) is 19.3 Å². The van der Waals surface area contributed by atoms with E-state index in [4.69, 9.17) is 9.72 Å². The van der Waals surface area contributed by atoms with Gasteiger partial charge in [0.25, 0.3) is 0 Å². The average molecular weight is 479 g/mol. The third-order valence-corrected chi connectivity index (χ3v) is 6.20. The molecule has 0 saturated heterocycles. The predicted molar refractivity (Wildman–Crippen MR) is 124 cm³/mol.